The molecule has 5 heteroatoms. The number of thiocarbonyl (C=S) groups is 1. The highest BCUT2D eigenvalue weighted by atomic mass is 79.9. The number of hydrogen-bond donors (Lipinski definition) is 2. The molecular formula is C16H16BrN3S. The van der Waals surface area contributed by atoms with Gasteiger partial charge in [-0.25, -0.2) is 0 Å². The Morgan fingerprint density at radius 2 is 1.95 bits per heavy atom. The Balaban J connectivity index is 1.70. The van der Waals surface area contributed by atoms with Gasteiger partial charge in [0, 0.05) is 11.0 Å². The smallest absolute Gasteiger partial charge is 0.186 e. The third kappa shape index (κ3) is 6.06. The molecule has 0 amide bonds. The summed E-state index contributed by atoms with van der Waals surface area (Å²) >= 11 is 8.58. The minimum absolute atomic E-state index is 0.525. The van der Waals surface area contributed by atoms with Crippen LogP contribution in [0, 0.1) is 0 Å². The van der Waals surface area contributed by atoms with E-state index >= 15 is 0 Å². The zero-order chi connectivity index (χ0) is 14.9. The fourth-order valence-corrected chi connectivity index (χ4v) is 2.33. The fourth-order valence-electron chi connectivity index (χ4n) is 1.76. The molecule has 108 valence electrons. The van der Waals surface area contributed by atoms with Crippen molar-refractivity contribution in [2.24, 2.45) is 5.10 Å². The first-order valence-electron chi connectivity index (χ1n) is 6.60. The van der Waals surface area contributed by atoms with Gasteiger partial charge in [0.1, 0.15) is 0 Å². The fraction of sp³-hybridized carbons (Fsp3) is 0.125. The molecule has 0 spiro atoms. The molecule has 2 aromatic carbocycles. The summed E-state index contributed by atoms with van der Waals surface area (Å²) in [6, 6.07) is 18.2. The first-order valence-corrected chi connectivity index (χ1v) is 7.80. The van der Waals surface area contributed by atoms with E-state index in [0.29, 0.717) is 5.11 Å². The number of hydrogen-bond acceptors (Lipinski definition) is 2. The van der Waals surface area contributed by atoms with Crippen molar-refractivity contribution in [1.82, 2.24) is 10.7 Å². The van der Waals surface area contributed by atoms with Gasteiger partial charge in [0.25, 0.3) is 0 Å². The van der Waals surface area contributed by atoms with Crippen molar-refractivity contribution in [3.05, 3.63) is 70.2 Å². The molecule has 0 aliphatic rings. The van der Waals surface area contributed by atoms with Gasteiger partial charge in [0.15, 0.2) is 5.11 Å². The van der Waals surface area contributed by atoms with Crippen molar-refractivity contribution in [2.45, 2.75) is 6.42 Å². The minimum Gasteiger partial charge on any atom is -0.361 e. The molecule has 2 aromatic rings. The summed E-state index contributed by atoms with van der Waals surface area (Å²) in [5.41, 5.74) is 5.10. The SMILES string of the molecule is S=C(NCCc1ccccc1)NN=Cc1cccc(Br)c1. The lowest BCUT2D eigenvalue weighted by Gasteiger charge is -2.06. The number of nitrogens with one attached hydrogen (secondary N) is 2. The second kappa shape index (κ2) is 8.54. The average molecular weight is 362 g/mol. The highest BCUT2D eigenvalue weighted by Crippen LogP contribution is 2.09. The van der Waals surface area contributed by atoms with Gasteiger partial charge < -0.3 is 5.32 Å². The maximum absolute atomic E-state index is 5.17. The molecular weight excluding hydrogens is 346 g/mol. The summed E-state index contributed by atoms with van der Waals surface area (Å²) < 4.78 is 1.02. The van der Waals surface area contributed by atoms with E-state index in [1.54, 1.807) is 6.21 Å². The lowest BCUT2D eigenvalue weighted by Crippen LogP contribution is -2.33. The summed E-state index contributed by atoms with van der Waals surface area (Å²) in [5, 5.41) is 7.76. The predicted octanol–water partition coefficient (Wildman–Crippen LogP) is 3.49. The molecule has 0 atom stereocenters. The summed E-state index contributed by atoms with van der Waals surface area (Å²) in [4.78, 5) is 0. The molecule has 0 unspecified atom stereocenters. The number of rotatable bonds is 5. The monoisotopic (exact) mass is 361 g/mol. The maximum atomic E-state index is 5.17. The van der Waals surface area contributed by atoms with Crippen LogP contribution < -0.4 is 10.7 Å². The Morgan fingerprint density at radius 1 is 1.14 bits per heavy atom. The Bertz CT molecular complexity index is 614. The molecule has 0 aromatic heterocycles. The van der Waals surface area contributed by atoms with Gasteiger partial charge in [-0.3, -0.25) is 5.43 Å². The number of benzene rings is 2. The number of hydrazone groups is 1. The Morgan fingerprint density at radius 3 is 2.71 bits per heavy atom. The van der Waals surface area contributed by atoms with E-state index < -0.39 is 0 Å². The normalized spacial score (nSPS) is 10.5. The number of halogens is 1. The molecule has 0 radical (unpaired) electrons. The number of nitrogens with zero attached hydrogens (tertiary/aromatic N) is 1. The molecule has 0 heterocycles. The summed E-state index contributed by atoms with van der Waals surface area (Å²) in [5.74, 6) is 0. The second-order valence-electron chi connectivity index (χ2n) is 4.42. The van der Waals surface area contributed by atoms with Crippen molar-refractivity contribution in [1.29, 1.82) is 0 Å². The molecule has 0 fully saturated rings. The van der Waals surface area contributed by atoms with E-state index in [9.17, 15) is 0 Å². The van der Waals surface area contributed by atoms with Crippen molar-refractivity contribution >= 4 is 39.5 Å². The maximum Gasteiger partial charge on any atom is 0.186 e. The Labute approximate surface area is 138 Å². The van der Waals surface area contributed by atoms with Crippen LogP contribution in [0.15, 0.2) is 64.2 Å². The third-order valence-corrected chi connectivity index (χ3v) is 3.50. The highest BCUT2D eigenvalue weighted by Gasteiger charge is 1.94. The van der Waals surface area contributed by atoms with Gasteiger partial charge in [-0.1, -0.05) is 58.4 Å². The first-order chi connectivity index (χ1) is 10.2. The summed E-state index contributed by atoms with van der Waals surface area (Å²) in [7, 11) is 0. The van der Waals surface area contributed by atoms with Gasteiger partial charge in [-0.05, 0) is 41.9 Å². The summed E-state index contributed by atoms with van der Waals surface area (Å²) in [6.07, 6.45) is 2.66. The van der Waals surface area contributed by atoms with Crippen LogP contribution in [-0.4, -0.2) is 17.9 Å². The van der Waals surface area contributed by atoms with Crippen LogP contribution in [0.3, 0.4) is 0 Å². The second-order valence-corrected chi connectivity index (χ2v) is 5.74. The van der Waals surface area contributed by atoms with Crippen LogP contribution in [0.1, 0.15) is 11.1 Å². The van der Waals surface area contributed by atoms with Crippen LogP contribution in [-0.2, 0) is 6.42 Å². The standard InChI is InChI=1S/C16H16BrN3S/c17-15-8-4-7-14(11-15)12-19-20-16(21)18-10-9-13-5-2-1-3-6-13/h1-8,11-12H,9-10H2,(H2,18,20,21). The molecule has 3 nitrogen and oxygen atoms in total. The topological polar surface area (TPSA) is 36.4 Å². The van der Waals surface area contributed by atoms with Crippen molar-refractivity contribution in [3.8, 4) is 0 Å². The zero-order valence-electron chi connectivity index (χ0n) is 11.4. The highest BCUT2D eigenvalue weighted by molar-refractivity contribution is 9.10. The summed E-state index contributed by atoms with van der Waals surface area (Å²) in [6.45, 7) is 0.780. The van der Waals surface area contributed by atoms with Crippen molar-refractivity contribution < 1.29 is 0 Å². The van der Waals surface area contributed by atoms with Gasteiger partial charge >= 0.3 is 0 Å². The van der Waals surface area contributed by atoms with Gasteiger partial charge in [0.05, 0.1) is 6.21 Å². The quantitative estimate of drug-likeness (QED) is 0.486. The van der Waals surface area contributed by atoms with Crippen LogP contribution in [0.25, 0.3) is 0 Å². The largest absolute Gasteiger partial charge is 0.361 e. The Hall–Kier alpha value is -1.72. The first kappa shape index (κ1) is 15.7. The van der Waals surface area contributed by atoms with E-state index in [1.165, 1.54) is 5.56 Å². The van der Waals surface area contributed by atoms with E-state index in [-0.39, 0.29) is 0 Å². The van der Waals surface area contributed by atoms with Crippen LogP contribution in [0.4, 0.5) is 0 Å². The van der Waals surface area contributed by atoms with Crippen molar-refractivity contribution in [2.75, 3.05) is 6.54 Å². The Kier molecular flexibility index (Phi) is 6.37. The average Bonchev–Trinajstić information content (AvgIpc) is 2.48. The minimum atomic E-state index is 0.525. The van der Waals surface area contributed by atoms with Gasteiger partial charge in [0.2, 0.25) is 0 Å². The molecule has 2 rings (SSSR count). The molecule has 2 N–H and O–H groups in total. The lowest BCUT2D eigenvalue weighted by atomic mass is 10.1. The molecule has 0 aliphatic carbocycles. The predicted molar refractivity (Wildman–Crippen MR) is 95.6 cm³/mol. The van der Waals surface area contributed by atoms with Crippen molar-refractivity contribution in [3.63, 3.8) is 0 Å². The van der Waals surface area contributed by atoms with E-state index in [2.05, 4.69) is 43.9 Å². The molecule has 0 aliphatic heterocycles. The molecule has 0 saturated heterocycles. The van der Waals surface area contributed by atoms with E-state index in [4.69, 9.17) is 12.2 Å². The van der Waals surface area contributed by atoms with Crippen LogP contribution in [0.5, 0.6) is 0 Å². The molecule has 0 bridgehead atoms. The van der Waals surface area contributed by atoms with Crippen LogP contribution >= 0.6 is 28.1 Å². The van der Waals surface area contributed by atoms with Gasteiger partial charge in [-0.15, -0.1) is 0 Å². The van der Waals surface area contributed by atoms with Crippen LogP contribution in [0.2, 0.25) is 0 Å². The lowest BCUT2D eigenvalue weighted by molar-refractivity contribution is 0.838. The van der Waals surface area contributed by atoms with E-state index in [0.717, 1.165) is 23.0 Å². The molecule has 0 saturated carbocycles. The molecule has 21 heavy (non-hydrogen) atoms. The van der Waals surface area contributed by atoms with E-state index in [1.807, 2.05) is 42.5 Å². The van der Waals surface area contributed by atoms with Gasteiger partial charge in [-0.2, -0.15) is 5.10 Å². The third-order valence-electron chi connectivity index (χ3n) is 2.77. The zero-order valence-corrected chi connectivity index (χ0v) is 13.8.